The minimum absolute atomic E-state index is 0.0964. The zero-order valence-corrected chi connectivity index (χ0v) is 18.4. The third kappa shape index (κ3) is 5.13. The van der Waals surface area contributed by atoms with Gasteiger partial charge in [0.15, 0.2) is 0 Å². The molecule has 1 atom stereocenters. The second kappa shape index (κ2) is 9.77. The number of hydrogen-bond acceptors (Lipinski definition) is 4. The van der Waals surface area contributed by atoms with Gasteiger partial charge >= 0.3 is 5.97 Å². The van der Waals surface area contributed by atoms with Gasteiger partial charge in [0.05, 0.1) is 25.8 Å². The lowest BCUT2D eigenvalue weighted by atomic mass is 9.83. The van der Waals surface area contributed by atoms with Gasteiger partial charge in [-0.2, -0.15) is 0 Å². The van der Waals surface area contributed by atoms with E-state index in [0.29, 0.717) is 22.6 Å². The number of rotatable bonds is 7. The highest BCUT2D eigenvalue weighted by Gasteiger charge is 2.38. The van der Waals surface area contributed by atoms with Crippen molar-refractivity contribution < 1.29 is 23.5 Å². The Morgan fingerprint density at radius 1 is 1.19 bits per heavy atom. The van der Waals surface area contributed by atoms with Crippen LogP contribution in [0.4, 0.5) is 4.39 Å². The molecular weight excluding hydrogens is 397 g/mol. The number of amides is 1. The molecule has 31 heavy (non-hydrogen) atoms. The first kappa shape index (κ1) is 22.5. The molecule has 0 saturated heterocycles. The van der Waals surface area contributed by atoms with Crippen molar-refractivity contribution >= 4 is 11.9 Å². The molecule has 1 unspecified atom stereocenters. The molecule has 6 heteroatoms. The quantitative estimate of drug-likeness (QED) is 0.597. The van der Waals surface area contributed by atoms with Crippen LogP contribution in [0.15, 0.2) is 59.8 Å². The van der Waals surface area contributed by atoms with Crippen molar-refractivity contribution in [2.75, 3.05) is 13.7 Å². The largest absolute Gasteiger partial charge is 0.496 e. The van der Waals surface area contributed by atoms with E-state index in [4.69, 9.17) is 9.47 Å². The molecule has 164 valence electrons. The molecule has 0 N–H and O–H groups in total. The normalized spacial score (nSPS) is 16.6. The van der Waals surface area contributed by atoms with Crippen molar-refractivity contribution in [3.63, 3.8) is 0 Å². The van der Waals surface area contributed by atoms with Crippen LogP contribution in [-0.2, 0) is 20.9 Å². The molecule has 1 heterocycles. The number of carbonyl (C=O) groups is 2. The Balaban J connectivity index is 2.05. The predicted molar refractivity (Wildman–Crippen MR) is 116 cm³/mol. The molecule has 0 radical (unpaired) electrons. The minimum Gasteiger partial charge on any atom is -0.496 e. The summed E-state index contributed by atoms with van der Waals surface area (Å²) < 4.78 is 24.7. The number of methoxy groups -OCH3 is 1. The maximum Gasteiger partial charge on any atom is 0.336 e. The molecule has 0 spiro atoms. The average Bonchev–Trinajstić information content (AvgIpc) is 2.74. The first-order valence-corrected chi connectivity index (χ1v) is 10.4. The van der Waals surface area contributed by atoms with E-state index in [9.17, 15) is 14.0 Å². The van der Waals surface area contributed by atoms with Crippen molar-refractivity contribution in [1.82, 2.24) is 4.90 Å². The Morgan fingerprint density at radius 3 is 2.61 bits per heavy atom. The number of nitrogens with zero attached hydrogens (tertiary/aromatic N) is 1. The number of halogens is 1. The molecule has 2 aromatic carbocycles. The molecule has 2 aromatic rings. The highest BCUT2D eigenvalue weighted by molar-refractivity contribution is 5.96. The Kier molecular flexibility index (Phi) is 7.10. The van der Waals surface area contributed by atoms with Crippen LogP contribution in [0, 0.1) is 11.7 Å². The van der Waals surface area contributed by atoms with Crippen molar-refractivity contribution in [3.05, 3.63) is 76.7 Å². The van der Waals surface area contributed by atoms with Crippen LogP contribution in [0.2, 0.25) is 0 Å². The van der Waals surface area contributed by atoms with Gasteiger partial charge in [0.1, 0.15) is 11.6 Å². The second-order valence-corrected chi connectivity index (χ2v) is 8.10. The number of hydrogen-bond donors (Lipinski definition) is 0. The second-order valence-electron chi connectivity index (χ2n) is 8.10. The number of ether oxygens (including phenoxy) is 2. The molecule has 1 aliphatic heterocycles. The number of esters is 1. The van der Waals surface area contributed by atoms with Crippen LogP contribution in [0.5, 0.6) is 5.75 Å². The lowest BCUT2D eigenvalue weighted by Gasteiger charge is -2.35. The Hall–Kier alpha value is -3.15. The fraction of sp³-hybridized carbons (Fsp3) is 0.360. The first-order chi connectivity index (χ1) is 14.8. The van der Waals surface area contributed by atoms with E-state index in [-0.39, 0.29) is 37.2 Å². The minimum atomic E-state index is -0.480. The first-order valence-electron chi connectivity index (χ1n) is 10.4. The number of para-hydroxylation sites is 1. The summed E-state index contributed by atoms with van der Waals surface area (Å²) in [4.78, 5) is 27.8. The van der Waals surface area contributed by atoms with E-state index in [1.165, 1.54) is 17.0 Å². The highest BCUT2D eigenvalue weighted by atomic mass is 19.1. The van der Waals surface area contributed by atoms with E-state index < -0.39 is 11.9 Å². The van der Waals surface area contributed by atoms with E-state index in [1.54, 1.807) is 26.2 Å². The molecular formula is C25H28FNO4. The van der Waals surface area contributed by atoms with E-state index in [1.807, 2.05) is 38.1 Å². The highest BCUT2D eigenvalue weighted by Crippen LogP contribution is 2.41. The van der Waals surface area contributed by atoms with Crippen LogP contribution < -0.4 is 4.74 Å². The summed E-state index contributed by atoms with van der Waals surface area (Å²) in [6, 6.07) is 13.5. The van der Waals surface area contributed by atoms with Crippen LogP contribution in [-0.4, -0.2) is 30.5 Å². The summed E-state index contributed by atoms with van der Waals surface area (Å²) in [6.07, 6.45) is 0.0964. The van der Waals surface area contributed by atoms with Crippen molar-refractivity contribution in [2.45, 2.75) is 39.7 Å². The third-order valence-electron chi connectivity index (χ3n) is 5.33. The molecule has 0 saturated carbocycles. The Morgan fingerprint density at radius 2 is 1.94 bits per heavy atom. The van der Waals surface area contributed by atoms with Crippen LogP contribution in [0.25, 0.3) is 0 Å². The maximum absolute atomic E-state index is 13.7. The molecule has 0 aliphatic carbocycles. The van der Waals surface area contributed by atoms with Crippen LogP contribution >= 0.6 is 0 Å². The summed E-state index contributed by atoms with van der Waals surface area (Å²) in [5, 5.41) is 0. The molecule has 0 fully saturated rings. The van der Waals surface area contributed by atoms with Crippen LogP contribution in [0.1, 0.15) is 44.2 Å². The molecule has 0 aromatic heterocycles. The fourth-order valence-corrected chi connectivity index (χ4v) is 3.83. The summed E-state index contributed by atoms with van der Waals surface area (Å²) in [5.41, 5.74) is 2.37. The molecule has 0 bridgehead atoms. The number of carbonyl (C=O) groups excluding carboxylic acids is 2. The SMILES string of the molecule is COc1ccccc1C1CC(=O)N(Cc2cccc(F)c2)C(C)=C1C(=O)OCC(C)C. The van der Waals surface area contributed by atoms with Gasteiger partial charge in [0.25, 0.3) is 0 Å². The smallest absolute Gasteiger partial charge is 0.336 e. The Labute approximate surface area is 182 Å². The summed E-state index contributed by atoms with van der Waals surface area (Å²) in [6.45, 7) is 6.14. The lowest BCUT2D eigenvalue weighted by Crippen LogP contribution is -2.38. The summed E-state index contributed by atoms with van der Waals surface area (Å²) in [7, 11) is 1.56. The lowest BCUT2D eigenvalue weighted by molar-refractivity contribution is -0.141. The third-order valence-corrected chi connectivity index (χ3v) is 5.33. The van der Waals surface area contributed by atoms with Crippen molar-refractivity contribution in [3.8, 4) is 5.75 Å². The van der Waals surface area contributed by atoms with Gasteiger partial charge in [-0.25, -0.2) is 9.18 Å². The summed E-state index contributed by atoms with van der Waals surface area (Å²) in [5.74, 6) is -0.639. The van der Waals surface area contributed by atoms with Crippen LogP contribution in [0.3, 0.4) is 0 Å². The van der Waals surface area contributed by atoms with Gasteiger partial charge in [-0.1, -0.05) is 44.2 Å². The van der Waals surface area contributed by atoms with Crippen molar-refractivity contribution in [2.24, 2.45) is 5.92 Å². The van der Waals surface area contributed by atoms with Gasteiger partial charge < -0.3 is 14.4 Å². The zero-order valence-electron chi connectivity index (χ0n) is 18.4. The van der Waals surface area contributed by atoms with Gasteiger partial charge in [-0.3, -0.25) is 4.79 Å². The summed E-state index contributed by atoms with van der Waals surface area (Å²) >= 11 is 0. The zero-order chi connectivity index (χ0) is 22.5. The Bertz CT molecular complexity index is 999. The molecule has 5 nitrogen and oxygen atoms in total. The van der Waals surface area contributed by atoms with E-state index >= 15 is 0 Å². The molecule has 1 amide bonds. The average molecular weight is 426 g/mol. The van der Waals surface area contributed by atoms with Gasteiger partial charge in [-0.05, 0) is 36.6 Å². The molecule has 3 rings (SSSR count). The fourth-order valence-electron chi connectivity index (χ4n) is 3.83. The topological polar surface area (TPSA) is 55.8 Å². The predicted octanol–water partition coefficient (Wildman–Crippen LogP) is 4.82. The molecule has 1 aliphatic rings. The number of allylic oxidation sites excluding steroid dienone is 1. The standard InChI is InChI=1S/C25H28FNO4/c1-16(2)15-31-25(29)24-17(3)27(14-18-8-7-9-19(26)12-18)23(28)13-21(24)20-10-5-6-11-22(20)30-4/h5-12,16,21H,13-15H2,1-4H3. The van der Waals surface area contributed by atoms with Crippen molar-refractivity contribution in [1.29, 1.82) is 0 Å². The maximum atomic E-state index is 13.7. The van der Waals surface area contributed by atoms with Gasteiger partial charge in [0, 0.05) is 23.6 Å². The van der Waals surface area contributed by atoms with Gasteiger partial charge in [0.2, 0.25) is 5.91 Å². The van der Waals surface area contributed by atoms with E-state index in [0.717, 1.165) is 5.56 Å². The van der Waals surface area contributed by atoms with E-state index in [2.05, 4.69) is 0 Å². The monoisotopic (exact) mass is 425 g/mol. The van der Waals surface area contributed by atoms with Gasteiger partial charge in [-0.15, -0.1) is 0 Å². The number of benzene rings is 2.